The highest BCUT2D eigenvalue weighted by atomic mass is 16.5. The van der Waals surface area contributed by atoms with Gasteiger partial charge in [-0.1, -0.05) is 0 Å². The van der Waals surface area contributed by atoms with E-state index in [1.165, 1.54) is 5.56 Å². The van der Waals surface area contributed by atoms with Crippen molar-refractivity contribution < 1.29 is 9.47 Å². The van der Waals surface area contributed by atoms with Gasteiger partial charge in [-0.2, -0.15) is 0 Å². The Kier molecular flexibility index (Phi) is 1.79. The molecule has 1 heterocycles. The molecule has 0 aliphatic carbocycles. The molecular weight excluding hydrogens is 166 g/mol. The lowest BCUT2D eigenvalue weighted by atomic mass is 10.1. The van der Waals surface area contributed by atoms with Crippen LogP contribution < -0.4 is 15.2 Å². The number of benzene rings is 1. The van der Waals surface area contributed by atoms with Crippen LogP contribution in [0.5, 0.6) is 11.5 Å². The van der Waals surface area contributed by atoms with Crippen LogP contribution in [0.3, 0.4) is 0 Å². The van der Waals surface area contributed by atoms with Crippen LogP contribution in [0.2, 0.25) is 0 Å². The Morgan fingerprint density at radius 3 is 3.00 bits per heavy atom. The van der Waals surface area contributed by atoms with Crippen molar-refractivity contribution in [3.63, 3.8) is 0 Å². The maximum Gasteiger partial charge on any atom is 0.142 e. The number of fused-ring (bicyclic) bond motifs is 1. The molecule has 3 heteroatoms. The van der Waals surface area contributed by atoms with Gasteiger partial charge in [0.15, 0.2) is 0 Å². The second-order valence-electron chi connectivity index (χ2n) is 3.33. The molecule has 0 bridgehead atoms. The zero-order chi connectivity index (χ0) is 9.42. The van der Waals surface area contributed by atoms with Gasteiger partial charge in [0.25, 0.3) is 0 Å². The van der Waals surface area contributed by atoms with Gasteiger partial charge in [0.05, 0.1) is 12.8 Å². The van der Waals surface area contributed by atoms with Gasteiger partial charge < -0.3 is 15.2 Å². The molecule has 0 fully saturated rings. The minimum atomic E-state index is 0.251. The van der Waals surface area contributed by atoms with Gasteiger partial charge >= 0.3 is 0 Å². The molecule has 1 atom stereocenters. The van der Waals surface area contributed by atoms with Gasteiger partial charge in [-0.25, -0.2) is 0 Å². The monoisotopic (exact) mass is 179 g/mol. The van der Waals surface area contributed by atoms with E-state index in [0.717, 1.165) is 17.9 Å². The van der Waals surface area contributed by atoms with Crippen molar-refractivity contribution in [3.8, 4) is 11.5 Å². The molecule has 13 heavy (non-hydrogen) atoms. The summed E-state index contributed by atoms with van der Waals surface area (Å²) in [7, 11) is 1.62. The van der Waals surface area contributed by atoms with Gasteiger partial charge in [-0.05, 0) is 13.0 Å². The molecule has 1 aliphatic rings. The SMILES string of the molecule is COc1cc2c(cc1N)OC(C)C2. The zero-order valence-corrected chi connectivity index (χ0v) is 7.83. The Hall–Kier alpha value is -1.38. The van der Waals surface area contributed by atoms with E-state index >= 15 is 0 Å². The Bertz CT molecular complexity index is 336. The van der Waals surface area contributed by atoms with Gasteiger partial charge in [0.1, 0.15) is 17.6 Å². The molecule has 1 aliphatic heterocycles. The van der Waals surface area contributed by atoms with Crippen molar-refractivity contribution in [2.75, 3.05) is 12.8 Å². The molecule has 1 unspecified atom stereocenters. The third-order valence-corrected chi connectivity index (χ3v) is 2.25. The van der Waals surface area contributed by atoms with E-state index in [4.69, 9.17) is 15.2 Å². The summed E-state index contributed by atoms with van der Waals surface area (Å²) in [6.07, 6.45) is 1.19. The van der Waals surface area contributed by atoms with Crippen LogP contribution in [0.15, 0.2) is 12.1 Å². The lowest BCUT2D eigenvalue weighted by Gasteiger charge is -2.06. The average Bonchev–Trinajstić information content (AvgIpc) is 2.42. The summed E-state index contributed by atoms with van der Waals surface area (Å²) < 4.78 is 10.7. The zero-order valence-electron chi connectivity index (χ0n) is 7.83. The van der Waals surface area contributed by atoms with Crippen LogP contribution in [0, 0.1) is 0 Å². The maximum atomic E-state index is 5.74. The second-order valence-corrected chi connectivity index (χ2v) is 3.33. The van der Waals surface area contributed by atoms with Crippen LogP contribution in [0.4, 0.5) is 5.69 Å². The molecule has 1 aromatic rings. The second kappa shape index (κ2) is 2.83. The summed E-state index contributed by atoms with van der Waals surface area (Å²) in [6, 6.07) is 3.78. The van der Waals surface area contributed by atoms with Gasteiger partial charge in [-0.3, -0.25) is 0 Å². The summed E-state index contributed by atoms with van der Waals surface area (Å²) in [5.41, 5.74) is 7.56. The van der Waals surface area contributed by atoms with Crippen molar-refractivity contribution in [2.24, 2.45) is 0 Å². The first-order valence-corrected chi connectivity index (χ1v) is 4.33. The smallest absolute Gasteiger partial charge is 0.142 e. The highest BCUT2D eigenvalue weighted by molar-refractivity contribution is 5.60. The van der Waals surface area contributed by atoms with E-state index in [-0.39, 0.29) is 6.10 Å². The molecule has 0 saturated heterocycles. The molecule has 0 radical (unpaired) electrons. The lowest BCUT2D eigenvalue weighted by molar-refractivity contribution is 0.254. The fourth-order valence-electron chi connectivity index (χ4n) is 1.63. The molecule has 3 nitrogen and oxygen atoms in total. The minimum absolute atomic E-state index is 0.251. The van der Waals surface area contributed by atoms with E-state index in [1.807, 2.05) is 19.1 Å². The molecule has 0 aromatic heterocycles. The normalized spacial score (nSPS) is 19.4. The molecule has 0 amide bonds. The lowest BCUT2D eigenvalue weighted by Crippen LogP contribution is -2.05. The predicted molar refractivity (Wildman–Crippen MR) is 51.2 cm³/mol. The van der Waals surface area contributed by atoms with Gasteiger partial charge in [-0.15, -0.1) is 0 Å². The van der Waals surface area contributed by atoms with Crippen molar-refractivity contribution in [1.82, 2.24) is 0 Å². The Morgan fingerprint density at radius 2 is 2.31 bits per heavy atom. The number of methoxy groups -OCH3 is 1. The number of nitrogens with two attached hydrogens (primary N) is 1. The Morgan fingerprint density at radius 1 is 1.54 bits per heavy atom. The molecule has 2 rings (SSSR count). The Labute approximate surface area is 77.5 Å². The topological polar surface area (TPSA) is 44.5 Å². The van der Waals surface area contributed by atoms with Crippen molar-refractivity contribution in [3.05, 3.63) is 17.7 Å². The molecule has 1 aromatic carbocycles. The molecular formula is C10H13NO2. The first kappa shape index (κ1) is 8.23. The third kappa shape index (κ3) is 1.30. The van der Waals surface area contributed by atoms with E-state index < -0.39 is 0 Å². The molecule has 0 saturated carbocycles. The van der Waals surface area contributed by atoms with E-state index in [1.54, 1.807) is 7.11 Å². The summed E-state index contributed by atoms with van der Waals surface area (Å²) in [6.45, 7) is 2.04. The largest absolute Gasteiger partial charge is 0.495 e. The fourth-order valence-corrected chi connectivity index (χ4v) is 1.63. The van der Waals surface area contributed by atoms with Crippen molar-refractivity contribution in [1.29, 1.82) is 0 Å². The standard InChI is InChI=1S/C10H13NO2/c1-6-3-7-4-10(12-2)8(11)5-9(7)13-6/h4-6H,3,11H2,1-2H3. The average molecular weight is 179 g/mol. The van der Waals surface area contributed by atoms with Gasteiger partial charge in [0, 0.05) is 18.1 Å². The number of hydrogen-bond acceptors (Lipinski definition) is 3. The highest BCUT2D eigenvalue weighted by Gasteiger charge is 2.20. The third-order valence-electron chi connectivity index (χ3n) is 2.25. The maximum absolute atomic E-state index is 5.74. The van der Waals surface area contributed by atoms with Crippen LogP contribution in [0.1, 0.15) is 12.5 Å². The first-order chi connectivity index (χ1) is 6.20. The number of rotatable bonds is 1. The summed E-state index contributed by atoms with van der Waals surface area (Å²) in [5.74, 6) is 1.63. The highest BCUT2D eigenvalue weighted by Crippen LogP contribution is 2.35. The molecule has 0 spiro atoms. The quantitative estimate of drug-likeness (QED) is 0.666. The van der Waals surface area contributed by atoms with E-state index in [9.17, 15) is 0 Å². The van der Waals surface area contributed by atoms with E-state index in [2.05, 4.69) is 0 Å². The summed E-state index contributed by atoms with van der Waals surface area (Å²) >= 11 is 0. The van der Waals surface area contributed by atoms with Crippen LogP contribution in [-0.2, 0) is 6.42 Å². The van der Waals surface area contributed by atoms with Crippen molar-refractivity contribution in [2.45, 2.75) is 19.4 Å². The minimum Gasteiger partial charge on any atom is -0.495 e. The number of nitrogen functional groups attached to an aromatic ring is 1. The number of hydrogen-bond donors (Lipinski definition) is 1. The van der Waals surface area contributed by atoms with Crippen molar-refractivity contribution >= 4 is 5.69 Å². The molecule has 70 valence electrons. The summed E-state index contributed by atoms with van der Waals surface area (Å²) in [5, 5.41) is 0. The Balaban J connectivity index is 2.44. The summed E-state index contributed by atoms with van der Waals surface area (Å²) in [4.78, 5) is 0. The van der Waals surface area contributed by atoms with Crippen LogP contribution in [-0.4, -0.2) is 13.2 Å². The van der Waals surface area contributed by atoms with Gasteiger partial charge in [0.2, 0.25) is 0 Å². The van der Waals surface area contributed by atoms with Crippen LogP contribution in [0.25, 0.3) is 0 Å². The molecule has 2 N–H and O–H groups in total. The number of anilines is 1. The predicted octanol–water partition coefficient (Wildman–Crippen LogP) is 1.60. The number of ether oxygens (including phenoxy) is 2. The van der Waals surface area contributed by atoms with Crippen LogP contribution >= 0.6 is 0 Å². The first-order valence-electron chi connectivity index (χ1n) is 4.33. The fraction of sp³-hybridized carbons (Fsp3) is 0.400. The van der Waals surface area contributed by atoms with E-state index in [0.29, 0.717) is 5.69 Å².